The minimum atomic E-state index is 0.0608. The Morgan fingerprint density at radius 2 is 2.11 bits per heavy atom. The molecular weight excluding hydrogens is 324 g/mol. The van der Waals surface area contributed by atoms with Crippen LogP contribution in [0.15, 0.2) is 21.5 Å². The number of nitrogens with one attached hydrogen (secondary N) is 1. The van der Waals surface area contributed by atoms with Crippen molar-refractivity contribution < 1.29 is 4.79 Å². The van der Waals surface area contributed by atoms with Crippen molar-refractivity contribution in [2.24, 2.45) is 5.73 Å². The molecule has 106 valence electrons. The van der Waals surface area contributed by atoms with Crippen LogP contribution >= 0.6 is 27.7 Å². The average molecular weight is 345 g/mol. The van der Waals surface area contributed by atoms with E-state index >= 15 is 0 Å². The number of amides is 1. The number of thioether (sulfide) groups is 1. The van der Waals surface area contributed by atoms with Crippen LogP contribution < -0.4 is 11.1 Å². The van der Waals surface area contributed by atoms with E-state index in [9.17, 15) is 4.79 Å². The third-order valence-corrected chi connectivity index (χ3v) is 4.75. The molecule has 0 heterocycles. The lowest BCUT2D eigenvalue weighted by Crippen LogP contribution is -2.30. The van der Waals surface area contributed by atoms with E-state index in [0.717, 1.165) is 15.8 Å². The van der Waals surface area contributed by atoms with Gasteiger partial charge in [-0.05, 0) is 50.5 Å². The third kappa shape index (κ3) is 5.97. The standard InChI is InChI=1S/C14H21BrN2OS/c1-9-7-13(10(2)6-12(9)15)19-8-14(18)17-5-4-11(3)16/h6-7,11H,4-5,8,16H2,1-3H3,(H,17,18). The van der Waals surface area contributed by atoms with Crippen molar-refractivity contribution in [2.75, 3.05) is 12.3 Å². The third-order valence-electron chi connectivity index (χ3n) is 2.74. The first-order valence-corrected chi connectivity index (χ1v) is 8.10. The molecule has 3 nitrogen and oxygen atoms in total. The Kier molecular flexibility index (Phi) is 6.89. The number of benzene rings is 1. The van der Waals surface area contributed by atoms with Crippen molar-refractivity contribution in [3.63, 3.8) is 0 Å². The number of nitrogens with two attached hydrogens (primary N) is 1. The molecule has 5 heteroatoms. The van der Waals surface area contributed by atoms with Gasteiger partial charge in [0.1, 0.15) is 0 Å². The van der Waals surface area contributed by atoms with Crippen LogP contribution in [0.4, 0.5) is 0 Å². The Bertz CT molecular complexity index is 449. The Morgan fingerprint density at radius 3 is 2.74 bits per heavy atom. The topological polar surface area (TPSA) is 55.1 Å². The number of carbonyl (C=O) groups is 1. The molecule has 0 aliphatic heterocycles. The Morgan fingerprint density at radius 1 is 1.42 bits per heavy atom. The van der Waals surface area contributed by atoms with Crippen molar-refractivity contribution >= 4 is 33.6 Å². The smallest absolute Gasteiger partial charge is 0.230 e. The summed E-state index contributed by atoms with van der Waals surface area (Å²) >= 11 is 5.08. The van der Waals surface area contributed by atoms with Crippen molar-refractivity contribution in [1.29, 1.82) is 0 Å². The quantitative estimate of drug-likeness (QED) is 0.780. The summed E-state index contributed by atoms with van der Waals surface area (Å²) < 4.78 is 1.11. The zero-order chi connectivity index (χ0) is 14.4. The molecule has 1 atom stereocenters. The van der Waals surface area contributed by atoms with Gasteiger partial charge in [-0.3, -0.25) is 4.79 Å². The van der Waals surface area contributed by atoms with E-state index in [1.807, 2.05) is 6.92 Å². The fourth-order valence-electron chi connectivity index (χ4n) is 1.54. The molecule has 19 heavy (non-hydrogen) atoms. The highest BCUT2D eigenvalue weighted by molar-refractivity contribution is 9.10. The molecule has 1 unspecified atom stereocenters. The van der Waals surface area contributed by atoms with Gasteiger partial charge < -0.3 is 11.1 Å². The van der Waals surface area contributed by atoms with Crippen LogP contribution in [0.3, 0.4) is 0 Å². The van der Waals surface area contributed by atoms with E-state index in [0.29, 0.717) is 12.3 Å². The lowest BCUT2D eigenvalue weighted by molar-refractivity contribution is -0.118. The van der Waals surface area contributed by atoms with Crippen molar-refractivity contribution in [3.05, 3.63) is 27.7 Å². The van der Waals surface area contributed by atoms with Gasteiger partial charge in [-0.15, -0.1) is 11.8 Å². The van der Waals surface area contributed by atoms with Gasteiger partial charge in [-0.1, -0.05) is 15.9 Å². The Labute approximate surface area is 127 Å². The van der Waals surface area contributed by atoms with E-state index in [-0.39, 0.29) is 11.9 Å². The maximum absolute atomic E-state index is 11.7. The van der Waals surface area contributed by atoms with Gasteiger partial charge >= 0.3 is 0 Å². The number of hydrogen-bond acceptors (Lipinski definition) is 3. The van der Waals surface area contributed by atoms with E-state index in [4.69, 9.17) is 5.73 Å². The van der Waals surface area contributed by atoms with E-state index in [2.05, 4.69) is 47.2 Å². The summed E-state index contributed by atoms with van der Waals surface area (Å²) in [5.41, 5.74) is 8.00. The largest absolute Gasteiger partial charge is 0.355 e. The van der Waals surface area contributed by atoms with Gasteiger partial charge in [0.2, 0.25) is 5.91 Å². The highest BCUT2D eigenvalue weighted by atomic mass is 79.9. The SMILES string of the molecule is Cc1cc(SCC(=O)NCCC(C)N)c(C)cc1Br. The summed E-state index contributed by atoms with van der Waals surface area (Å²) in [6, 6.07) is 4.33. The molecular formula is C14H21BrN2OS. The maximum Gasteiger partial charge on any atom is 0.230 e. The van der Waals surface area contributed by atoms with Crippen LogP contribution in [-0.2, 0) is 4.79 Å². The normalized spacial score (nSPS) is 12.3. The Balaban J connectivity index is 2.44. The van der Waals surface area contributed by atoms with Gasteiger partial charge in [0.25, 0.3) is 0 Å². The molecule has 1 rings (SSSR count). The van der Waals surface area contributed by atoms with Gasteiger partial charge in [0.15, 0.2) is 0 Å². The van der Waals surface area contributed by atoms with Gasteiger partial charge in [-0.25, -0.2) is 0 Å². The molecule has 0 aliphatic carbocycles. The number of aryl methyl sites for hydroxylation is 2. The number of rotatable bonds is 6. The molecule has 0 fully saturated rings. The van der Waals surface area contributed by atoms with E-state index in [1.54, 1.807) is 11.8 Å². The maximum atomic E-state index is 11.7. The molecule has 3 N–H and O–H groups in total. The van der Waals surface area contributed by atoms with Crippen LogP contribution in [0.25, 0.3) is 0 Å². The summed E-state index contributed by atoms with van der Waals surface area (Å²) in [4.78, 5) is 12.8. The minimum absolute atomic E-state index is 0.0608. The van der Waals surface area contributed by atoms with Crippen molar-refractivity contribution in [3.8, 4) is 0 Å². The number of halogens is 1. The molecule has 0 saturated carbocycles. The summed E-state index contributed by atoms with van der Waals surface area (Å²) in [7, 11) is 0. The van der Waals surface area contributed by atoms with Gasteiger partial charge in [-0.2, -0.15) is 0 Å². The lowest BCUT2D eigenvalue weighted by Gasteiger charge is -2.10. The average Bonchev–Trinajstić information content (AvgIpc) is 2.31. The molecule has 0 bridgehead atoms. The summed E-state index contributed by atoms with van der Waals surface area (Å²) in [6.45, 7) is 6.70. The molecule has 0 aromatic heterocycles. The molecule has 1 aromatic rings. The molecule has 0 saturated heterocycles. The molecule has 0 radical (unpaired) electrons. The fourth-order valence-corrected chi connectivity index (χ4v) is 2.94. The highest BCUT2D eigenvalue weighted by Gasteiger charge is 2.07. The van der Waals surface area contributed by atoms with Gasteiger partial charge in [0.05, 0.1) is 5.75 Å². The van der Waals surface area contributed by atoms with Crippen LogP contribution in [0.2, 0.25) is 0 Å². The Hall–Kier alpha value is -0.520. The van der Waals surface area contributed by atoms with Crippen LogP contribution in [-0.4, -0.2) is 24.2 Å². The lowest BCUT2D eigenvalue weighted by atomic mass is 10.2. The highest BCUT2D eigenvalue weighted by Crippen LogP contribution is 2.28. The van der Waals surface area contributed by atoms with Crippen LogP contribution in [0, 0.1) is 13.8 Å². The number of carbonyl (C=O) groups excluding carboxylic acids is 1. The summed E-state index contributed by atoms with van der Waals surface area (Å²) in [5, 5.41) is 2.88. The second kappa shape index (κ2) is 7.92. The zero-order valence-corrected chi connectivity index (χ0v) is 14.0. The van der Waals surface area contributed by atoms with Crippen molar-refractivity contribution in [2.45, 2.75) is 38.1 Å². The van der Waals surface area contributed by atoms with Crippen LogP contribution in [0.1, 0.15) is 24.5 Å². The molecule has 0 aliphatic rings. The fraction of sp³-hybridized carbons (Fsp3) is 0.500. The number of hydrogen-bond donors (Lipinski definition) is 2. The summed E-state index contributed by atoms with van der Waals surface area (Å²) in [6.07, 6.45) is 0.812. The monoisotopic (exact) mass is 344 g/mol. The molecule has 1 aromatic carbocycles. The first kappa shape index (κ1) is 16.5. The first-order chi connectivity index (χ1) is 8.90. The second-order valence-electron chi connectivity index (χ2n) is 4.77. The minimum Gasteiger partial charge on any atom is -0.355 e. The second-order valence-corrected chi connectivity index (χ2v) is 6.64. The van der Waals surface area contributed by atoms with Crippen LogP contribution in [0.5, 0.6) is 0 Å². The summed E-state index contributed by atoms with van der Waals surface area (Å²) in [5.74, 6) is 0.506. The molecule has 1 amide bonds. The van der Waals surface area contributed by atoms with Gasteiger partial charge in [0, 0.05) is 22.0 Å². The van der Waals surface area contributed by atoms with E-state index in [1.165, 1.54) is 11.1 Å². The predicted molar refractivity (Wildman–Crippen MR) is 85.6 cm³/mol. The van der Waals surface area contributed by atoms with E-state index < -0.39 is 0 Å². The van der Waals surface area contributed by atoms with Crippen molar-refractivity contribution in [1.82, 2.24) is 5.32 Å². The zero-order valence-electron chi connectivity index (χ0n) is 11.6. The first-order valence-electron chi connectivity index (χ1n) is 6.32. The molecule has 0 spiro atoms. The predicted octanol–water partition coefficient (Wildman–Crippen LogP) is 3.01.